The molecule has 0 unspecified atom stereocenters. The van der Waals surface area contributed by atoms with Gasteiger partial charge in [0.25, 0.3) is 5.91 Å². The number of thiazole rings is 1. The van der Waals surface area contributed by atoms with E-state index in [9.17, 15) is 18.0 Å². The van der Waals surface area contributed by atoms with E-state index in [1.54, 1.807) is 4.57 Å². The van der Waals surface area contributed by atoms with Crippen molar-refractivity contribution in [1.29, 1.82) is 0 Å². The maximum Gasteiger partial charge on any atom is 0.325 e. The van der Waals surface area contributed by atoms with Crippen molar-refractivity contribution in [3.8, 4) is 0 Å². The van der Waals surface area contributed by atoms with Crippen LogP contribution in [0.2, 0.25) is 0 Å². The van der Waals surface area contributed by atoms with Gasteiger partial charge in [-0.2, -0.15) is 9.30 Å². The average Bonchev–Trinajstić information content (AvgIpc) is 3.15. The molecule has 0 saturated carbocycles. The van der Waals surface area contributed by atoms with Crippen LogP contribution >= 0.6 is 11.3 Å². The number of morpholine rings is 1. The van der Waals surface area contributed by atoms with Gasteiger partial charge in [0.1, 0.15) is 6.54 Å². The number of benzene rings is 2. The topological polar surface area (TPSA) is 107 Å². The van der Waals surface area contributed by atoms with E-state index < -0.39 is 21.9 Å². The van der Waals surface area contributed by atoms with E-state index >= 15 is 0 Å². The molecule has 1 aliphatic heterocycles. The van der Waals surface area contributed by atoms with Crippen LogP contribution in [-0.4, -0.2) is 61.6 Å². The molecule has 1 amide bonds. The van der Waals surface area contributed by atoms with Crippen molar-refractivity contribution in [2.24, 2.45) is 4.99 Å². The van der Waals surface area contributed by atoms with Crippen molar-refractivity contribution in [2.75, 3.05) is 20.2 Å². The van der Waals surface area contributed by atoms with Crippen LogP contribution in [0.1, 0.15) is 35.3 Å². The van der Waals surface area contributed by atoms with Gasteiger partial charge < -0.3 is 14.0 Å². The van der Waals surface area contributed by atoms with Crippen LogP contribution < -0.4 is 4.80 Å². The number of aromatic nitrogens is 1. The summed E-state index contributed by atoms with van der Waals surface area (Å²) in [5, 5.41) is 0. The van der Waals surface area contributed by atoms with Crippen molar-refractivity contribution in [3.63, 3.8) is 0 Å². The maximum atomic E-state index is 13.1. The zero-order chi connectivity index (χ0) is 26.2. The Morgan fingerprint density at radius 1 is 1.11 bits per heavy atom. The number of hydrogen-bond donors (Lipinski definition) is 0. The van der Waals surface area contributed by atoms with Crippen molar-refractivity contribution in [2.45, 2.75) is 51.3 Å². The SMILES string of the molecule is COC(=O)Cn1c(=NC(=O)c2ccc(S(=O)(=O)N3C[C@H](C)O[C@@H](C)C3)cc2)sc2c(C)cc(C)cc21. The Morgan fingerprint density at radius 3 is 2.36 bits per heavy atom. The second-order valence-electron chi connectivity index (χ2n) is 9.00. The largest absolute Gasteiger partial charge is 0.468 e. The van der Waals surface area contributed by atoms with Crippen molar-refractivity contribution in [3.05, 3.63) is 57.9 Å². The molecule has 0 N–H and O–H groups in total. The number of ether oxygens (including phenoxy) is 2. The summed E-state index contributed by atoms with van der Waals surface area (Å²) in [6.45, 7) is 8.06. The Labute approximate surface area is 214 Å². The molecule has 2 aromatic carbocycles. The number of amides is 1. The van der Waals surface area contributed by atoms with Gasteiger partial charge in [-0.3, -0.25) is 9.59 Å². The highest BCUT2D eigenvalue weighted by molar-refractivity contribution is 7.89. The van der Waals surface area contributed by atoms with Crippen LogP contribution in [0.3, 0.4) is 0 Å². The normalized spacial score (nSPS) is 19.5. The van der Waals surface area contributed by atoms with E-state index in [4.69, 9.17) is 9.47 Å². The number of sulfonamides is 1. The fourth-order valence-corrected chi connectivity index (χ4v) is 7.01. The first-order chi connectivity index (χ1) is 17.0. The Balaban J connectivity index is 1.68. The molecule has 0 spiro atoms. The quantitative estimate of drug-likeness (QED) is 0.469. The lowest BCUT2D eigenvalue weighted by molar-refractivity contribution is -0.141. The number of esters is 1. The van der Waals surface area contributed by atoms with E-state index in [-0.39, 0.29) is 42.3 Å². The summed E-state index contributed by atoms with van der Waals surface area (Å²) in [6.07, 6.45) is -0.401. The molecule has 1 saturated heterocycles. The molecule has 1 fully saturated rings. The highest BCUT2D eigenvalue weighted by Gasteiger charge is 2.32. The zero-order valence-electron chi connectivity index (χ0n) is 20.8. The van der Waals surface area contributed by atoms with Crippen molar-refractivity contribution < 1.29 is 27.5 Å². The monoisotopic (exact) mass is 531 g/mol. The molecular formula is C25H29N3O6S2. The molecule has 0 bridgehead atoms. The van der Waals surface area contributed by atoms with Gasteiger partial charge in [0.15, 0.2) is 4.80 Å². The molecule has 2 heterocycles. The van der Waals surface area contributed by atoms with Crippen LogP contribution in [0.15, 0.2) is 46.3 Å². The van der Waals surface area contributed by atoms with E-state index in [0.717, 1.165) is 21.3 Å². The fourth-order valence-electron chi connectivity index (χ4n) is 4.34. The van der Waals surface area contributed by atoms with Gasteiger partial charge in [0.2, 0.25) is 10.0 Å². The second kappa shape index (κ2) is 10.3. The summed E-state index contributed by atoms with van der Waals surface area (Å²) in [4.78, 5) is 29.9. The van der Waals surface area contributed by atoms with E-state index in [1.807, 2.05) is 39.8 Å². The van der Waals surface area contributed by atoms with Gasteiger partial charge in [-0.25, -0.2) is 8.42 Å². The third kappa shape index (κ3) is 5.29. The Morgan fingerprint density at radius 2 is 1.75 bits per heavy atom. The highest BCUT2D eigenvalue weighted by atomic mass is 32.2. The number of carbonyl (C=O) groups is 2. The first-order valence-corrected chi connectivity index (χ1v) is 13.8. The molecule has 2 atom stereocenters. The summed E-state index contributed by atoms with van der Waals surface area (Å²) in [6, 6.07) is 9.73. The molecule has 192 valence electrons. The van der Waals surface area contributed by atoms with Gasteiger partial charge >= 0.3 is 5.97 Å². The number of aryl methyl sites for hydroxylation is 2. The van der Waals surface area contributed by atoms with Crippen LogP contribution in [0.25, 0.3) is 10.2 Å². The highest BCUT2D eigenvalue weighted by Crippen LogP contribution is 2.24. The second-order valence-corrected chi connectivity index (χ2v) is 11.9. The number of methoxy groups -OCH3 is 1. The van der Waals surface area contributed by atoms with Gasteiger partial charge in [0.05, 0.1) is 34.4 Å². The number of rotatable bonds is 5. The molecule has 9 nitrogen and oxygen atoms in total. The third-order valence-corrected chi connectivity index (χ3v) is 9.03. The van der Waals surface area contributed by atoms with Crippen molar-refractivity contribution >= 4 is 43.5 Å². The molecule has 36 heavy (non-hydrogen) atoms. The predicted molar refractivity (Wildman–Crippen MR) is 136 cm³/mol. The molecule has 0 radical (unpaired) electrons. The lowest BCUT2D eigenvalue weighted by atomic mass is 10.1. The minimum atomic E-state index is -3.72. The minimum Gasteiger partial charge on any atom is -0.468 e. The molecule has 1 aromatic heterocycles. The van der Waals surface area contributed by atoms with Crippen LogP contribution in [-0.2, 0) is 30.8 Å². The molecule has 0 aliphatic carbocycles. The van der Waals surface area contributed by atoms with E-state index in [0.29, 0.717) is 4.80 Å². The summed E-state index contributed by atoms with van der Waals surface area (Å²) in [7, 11) is -2.41. The minimum absolute atomic E-state index is 0.0842. The average molecular weight is 532 g/mol. The molecule has 3 aromatic rings. The van der Waals surface area contributed by atoms with Gasteiger partial charge in [-0.1, -0.05) is 17.4 Å². The summed E-state index contributed by atoms with van der Waals surface area (Å²) in [5.41, 5.74) is 3.08. The molecule has 11 heteroatoms. The standard InChI is InChI=1S/C25H29N3O6S2/c1-15-10-16(2)23-21(11-15)28(14-22(29)33-5)25(35-23)26-24(30)19-6-8-20(9-7-19)36(31,32)27-12-17(3)34-18(4)13-27/h6-11,17-18H,12-14H2,1-5H3/t17-,18-/m0/s1. The predicted octanol–water partition coefficient (Wildman–Crippen LogP) is 3.03. The maximum absolute atomic E-state index is 13.1. The number of hydrogen-bond acceptors (Lipinski definition) is 7. The Bertz CT molecular complexity index is 1480. The third-order valence-electron chi connectivity index (χ3n) is 5.95. The zero-order valence-corrected chi connectivity index (χ0v) is 22.5. The smallest absolute Gasteiger partial charge is 0.325 e. The Hall–Kier alpha value is -2.86. The van der Waals surface area contributed by atoms with Crippen LogP contribution in [0.5, 0.6) is 0 Å². The van der Waals surface area contributed by atoms with E-state index in [2.05, 4.69) is 4.99 Å². The first kappa shape index (κ1) is 26.2. The number of carbonyl (C=O) groups excluding carboxylic acids is 2. The lowest BCUT2D eigenvalue weighted by Crippen LogP contribution is -2.48. The number of fused-ring (bicyclic) bond motifs is 1. The van der Waals surface area contributed by atoms with Crippen LogP contribution in [0, 0.1) is 13.8 Å². The number of nitrogens with zero attached hydrogens (tertiary/aromatic N) is 3. The Kier molecular flexibility index (Phi) is 7.46. The summed E-state index contributed by atoms with van der Waals surface area (Å²) in [5.74, 6) is -0.990. The van der Waals surface area contributed by atoms with Gasteiger partial charge in [-0.05, 0) is 69.2 Å². The molecule has 4 rings (SSSR count). The van der Waals surface area contributed by atoms with Gasteiger partial charge in [-0.15, -0.1) is 0 Å². The molecule has 1 aliphatic rings. The molecular weight excluding hydrogens is 502 g/mol. The summed E-state index contributed by atoms with van der Waals surface area (Å²) >= 11 is 1.31. The first-order valence-electron chi connectivity index (χ1n) is 11.5. The van der Waals surface area contributed by atoms with Crippen LogP contribution in [0.4, 0.5) is 0 Å². The van der Waals surface area contributed by atoms with E-state index in [1.165, 1.54) is 47.0 Å². The summed E-state index contributed by atoms with van der Waals surface area (Å²) < 4.78 is 40.7. The van der Waals surface area contributed by atoms with Gasteiger partial charge in [0, 0.05) is 18.7 Å². The van der Waals surface area contributed by atoms with Crippen molar-refractivity contribution in [1.82, 2.24) is 8.87 Å². The lowest BCUT2D eigenvalue weighted by Gasteiger charge is -2.34. The fraction of sp³-hybridized carbons (Fsp3) is 0.400.